The predicted molar refractivity (Wildman–Crippen MR) is 53.8 cm³/mol. The van der Waals surface area contributed by atoms with Crippen molar-refractivity contribution >= 4 is 29.2 Å². The number of hydrogen-bond donors (Lipinski definition) is 1. The van der Waals surface area contributed by atoms with Crippen LogP contribution >= 0.6 is 23.2 Å². The lowest BCUT2D eigenvalue weighted by Crippen LogP contribution is -2.05. The second-order valence-corrected chi connectivity index (χ2v) is 3.42. The fourth-order valence-corrected chi connectivity index (χ4v) is 1.36. The number of carbonyl (C=O) groups excluding carboxylic acids is 1. The number of halogens is 2. The maximum Gasteiger partial charge on any atom is 0.310 e. The highest BCUT2D eigenvalue weighted by Gasteiger charge is 2.14. The van der Waals surface area contributed by atoms with Crippen LogP contribution in [0.1, 0.15) is 5.56 Å². The van der Waals surface area contributed by atoms with Gasteiger partial charge in [-0.2, -0.15) is 0 Å². The summed E-state index contributed by atoms with van der Waals surface area (Å²) in [7, 11) is 1.26. The van der Waals surface area contributed by atoms with Crippen molar-refractivity contribution in [2.45, 2.75) is 6.42 Å². The zero-order chi connectivity index (χ0) is 10.7. The Balaban J connectivity index is 3.06. The first-order valence-electron chi connectivity index (χ1n) is 3.79. The Kier molecular flexibility index (Phi) is 3.61. The summed E-state index contributed by atoms with van der Waals surface area (Å²) in [5.74, 6) is -0.658. The van der Waals surface area contributed by atoms with Crippen molar-refractivity contribution in [2.75, 3.05) is 7.11 Å². The first-order chi connectivity index (χ1) is 6.56. The van der Waals surface area contributed by atoms with E-state index in [1.807, 2.05) is 0 Å². The third-order valence-corrected chi connectivity index (χ3v) is 2.38. The van der Waals surface area contributed by atoms with Crippen molar-refractivity contribution in [2.24, 2.45) is 0 Å². The number of benzene rings is 1. The summed E-state index contributed by atoms with van der Waals surface area (Å²) in [6.07, 6.45) is -0.0955. The molecule has 0 heterocycles. The van der Waals surface area contributed by atoms with E-state index in [0.717, 1.165) is 0 Å². The van der Waals surface area contributed by atoms with E-state index in [9.17, 15) is 9.90 Å². The maximum absolute atomic E-state index is 11.0. The minimum atomic E-state index is -0.482. The average molecular weight is 235 g/mol. The van der Waals surface area contributed by atoms with Crippen LogP contribution in [-0.4, -0.2) is 18.2 Å². The number of methoxy groups -OCH3 is 1. The largest absolute Gasteiger partial charge is 0.506 e. The molecular weight excluding hydrogens is 227 g/mol. The zero-order valence-corrected chi connectivity index (χ0v) is 8.89. The molecule has 5 heteroatoms. The summed E-state index contributed by atoms with van der Waals surface area (Å²) in [6, 6.07) is 2.97. The van der Waals surface area contributed by atoms with E-state index >= 15 is 0 Å². The number of hydrogen-bond acceptors (Lipinski definition) is 3. The Morgan fingerprint density at radius 1 is 1.43 bits per heavy atom. The molecule has 3 nitrogen and oxygen atoms in total. The van der Waals surface area contributed by atoms with Gasteiger partial charge in [-0.3, -0.25) is 4.79 Å². The summed E-state index contributed by atoms with van der Waals surface area (Å²) < 4.78 is 4.45. The molecule has 1 aromatic carbocycles. The number of ether oxygens (including phenoxy) is 1. The molecule has 0 saturated heterocycles. The second kappa shape index (κ2) is 4.53. The minimum absolute atomic E-state index is 0.0955. The van der Waals surface area contributed by atoms with Crippen LogP contribution < -0.4 is 0 Å². The van der Waals surface area contributed by atoms with Crippen molar-refractivity contribution in [3.8, 4) is 5.75 Å². The molecule has 14 heavy (non-hydrogen) atoms. The highest BCUT2D eigenvalue weighted by atomic mass is 35.5. The molecule has 0 atom stereocenters. The van der Waals surface area contributed by atoms with Crippen molar-refractivity contribution < 1.29 is 14.6 Å². The van der Waals surface area contributed by atoms with Gasteiger partial charge in [0.2, 0.25) is 0 Å². The molecule has 0 amide bonds. The van der Waals surface area contributed by atoms with Gasteiger partial charge in [0.05, 0.1) is 18.6 Å². The molecule has 1 N–H and O–H groups in total. The third kappa shape index (κ3) is 2.30. The van der Waals surface area contributed by atoms with E-state index in [0.29, 0.717) is 0 Å². The monoisotopic (exact) mass is 234 g/mol. The Hall–Kier alpha value is -0.930. The van der Waals surface area contributed by atoms with Crippen LogP contribution in [0.3, 0.4) is 0 Å². The standard InChI is InChI=1S/C9H8Cl2O3/c1-14-8(12)4-5-6(10)2-3-7(11)9(5)13/h2-3,13H,4H2,1H3. The van der Waals surface area contributed by atoms with Crippen molar-refractivity contribution in [3.63, 3.8) is 0 Å². The van der Waals surface area contributed by atoms with Crippen LogP contribution in [0.15, 0.2) is 12.1 Å². The van der Waals surface area contributed by atoms with Gasteiger partial charge in [-0.1, -0.05) is 23.2 Å². The Morgan fingerprint density at radius 3 is 2.57 bits per heavy atom. The topological polar surface area (TPSA) is 46.5 Å². The van der Waals surface area contributed by atoms with Gasteiger partial charge in [-0.15, -0.1) is 0 Å². The SMILES string of the molecule is COC(=O)Cc1c(Cl)ccc(Cl)c1O. The molecule has 0 radical (unpaired) electrons. The van der Waals surface area contributed by atoms with Crippen molar-refractivity contribution in [1.82, 2.24) is 0 Å². The molecule has 0 aliphatic carbocycles. The summed E-state index contributed by atoms with van der Waals surface area (Å²) in [4.78, 5) is 11.0. The molecule has 0 aromatic heterocycles. The predicted octanol–water partition coefficient (Wildman–Crippen LogP) is 2.41. The minimum Gasteiger partial charge on any atom is -0.506 e. The number of phenolic OH excluding ortho intramolecular Hbond substituents is 1. The molecule has 76 valence electrons. The summed E-state index contributed by atoms with van der Waals surface area (Å²) >= 11 is 11.4. The third-order valence-electron chi connectivity index (χ3n) is 1.73. The van der Waals surface area contributed by atoms with Gasteiger partial charge in [-0.05, 0) is 12.1 Å². The van der Waals surface area contributed by atoms with Crippen LogP contribution in [-0.2, 0) is 16.0 Å². The number of carbonyl (C=O) groups is 1. The van der Waals surface area contributed by atoms with Crippen molar-refractivity contribution in [1.29, 1.82) is 0 Å². The van der Waals surface area contributed by atoms with Crippen LogP contribution in [0, 0.1) is 0 Å². The molecule has 0 saturated carbocycles. The highest BCUT2D eigenvalue weighted by Crippen LogP contribution is 2.33. The van der Waals surface area contributed by atoms with E-state index in [1.54, 1.807) is 0 Å². The summed E-state index contributed by atoms with van der Waals surface area (Å²) in [5, 5.41) is 9.95. The smallest absolute Gasteiger partial charge is 0.310 e. The maximum atomic E-state index is 11.0. The summed E-state index contributed by atoms with van der Waals surface area (Å²) in [6.45, 7) is 0. The Bertz CT molecular complexity index is 363. The first-order valence-corrected chi connectivity index (χ1v) is 4.54. The van der Waals surface area contributed by atoms with Gasteiger partial charge in [0.25, 0.3) is 0 Å². The molecule has 0 aliphatic rings. The first kappa shape index (κ1) is 11.1. The van der Waals surface area contributed by atoms with Crippen molar-refractivity contribution in [3.05, 3.63) is 27.7 Å². The molecule has 0 aliphatic heterocycles. The Morgan fingerprint density at radius 2 is 2.00 bits per heavy atom. The second-order valence-electron chi connectivity index (χ2n) is 2.61. The van der Waals surface area contributed by atoms with E-state index < -0.39 is 5.97 Å². The molecule has 1 aromatic rings. The number of rotatable bonds is 2. The fourth-order valence-electron chi connectivity index (χ4n) is 0.968. The van der Waals surface area contributed by atoms with E-state index in [-0.39, 0.29) is 27.8 Å². The molecule has 0 fully saturated rings. The average Bonchev–Trinajstić information content (AvgIpc) is 2.18. The van der Waals surface area contributed by atoms with Gasteiger partial charge in [0, 0.05) is 10.6 Å². The van der Waals surface area contributed by atoms with Crippen LogP contribution in [0.5, 0.6) is 5.75 Å². The highest BCUT2D eigenvalue weighted by molar-refractivity contribution is 6.35. The lowest BCUT2D eigenvalue weighted by atomic mass is 10.1. The zero-order valence-electron chi connectivity index (χ0n) is 7.38. The van der Waals surface area contributed by atoms with E-state index in [2.05, 4.69) is 4.74 Å². The Labute approximate surface area is 91.2 Å². The quantitative estimate of drug-likeness (QED) is 0.800. The van der Waals surface area contributed by atoms with Crippen LogP contribution in [0.25, 0.3) is 0 Å². The molecule has 0 spiro atoms. The van der Waals surface area contributed by atoms with E-state index in [4.69, 9.17) is 23.2 Å². The van der Waals surface area contributed by atoms with Gasteiger partial charge in [0.15, 0.2) is 0 Å². The fraction of sp³-hybridized carbons (Fsp3) is 0.222. The molecule has 0 unspecified atom stereocenters. The molecule has 1 rings (SSSR count). The van der Waals surface area contributed by atoms with Crippen LogP contribution in [0.2, 0.25) is 10.0 Å². The van der Waals surface area contributed by atoms with Gasteiger partial charge >= 0.3 is 5.97 Å². The number of phenols is 1. The molecular formula is C9H8Cl2O3. The van der Waals surface area contributed by atoms with Crippen LogP contribution in [0.4, 0.5) is 0 Å². The number of esters is 1. The number of aromatic hydroxyl groups is 1. The van der Waals surface area contributed by atoms with Gasteiger partial charge in [-0.25, -0.2) is 0 Å². The lowest BCUT2D eigenvalue weighted by molar-refractivity contribution is -0.139. The summed E-state index contributed by atoms with van der Waals surface area (Å²) in [5.41, 5.74) is 0.283. The lowest BCUT2D eigenvalue weighted by Gasteiger charge is -2.06. The normalized spacial score (nSPS) is 9.93. The molecule has 0 bridgehead atoms. The van der Waals surface area contributed by atoms with E-state index in [1.165, 1.54) is 19.2 Å². The van der Waals surface area contributed by atoms with Gasteiger partial charge in [0.1, 0.15) is 5.75 Å². The van der Waals surface area contributed by atoms with Gasteiger partial charge < -0.3 is 9.84 Å².